The maximum Gasteiger partial charge on any atom is 0.0965 e. The van der Waals surface area contributed by atoms with Crippen molar-refractivity contribution in [2.24, 2.45) is 0 Å². The van der Waals surface area contributed by atoms with E-state index in [1.165, 1.54) is 31.2 Å². The zero-order valence-corrected chi connectivity index (χ0v) is 10.7. The number of morpholine rings is 1. The summed E-state index contributed by atoms with van der Waals surface area (Å²) >= 11 is 7.56. The third-order valence-corrected chi connectivity index (χ3v) is 4.75. The molecule has 0 bridgehead atoms. The predicted molar refractivity (Wildman–Crippen MR) is 67.2 cm³/mol. The third kappa shape index (κ3) is 2.02. The van der Waals surface area contributed by atoms with Crippen LogP contribution in [0.15, 0.2) is 11.4 Å². The Labute approximate surface area is 105 Å². The molecule has 2 fully saturated rings. The van der Waals surface area contributed by atoms with Gasteiger partial charge in [0.1, 0.15) is 0 Å². The van der Waals surface area contributed by atoms with Gasteiger partial charge in [0.15, 0.2) is 0 Å². The summed E-state index contributed by atoms with van der Waals surface area (Å²) in [6, 6.07) is 2.03. The highest BCUT2D eigenvalue weighted by atomic mass is 35.5. The average molecular weight is 258 g/mol. The van der Waals surface area contributed by atoms with Gasteiger partial charge < -0.3 is 10.1 Å². The molecule has 1 spiro atoms. The summed E-state index contributed by atoms with van der Waals surface area (Å²) in [4.78, 5) is 0. The van der Waals surface area contributed by atoms with Gasteiger partial charge in [0.05, 0.1) is 16.0 Å². The lowest BCUT2D eigenvalue weighted by Crippen LogP contribution is -2.49. The SMILES string of the molecule is Clc1cc(C2CNCC3(CCCC3)O2)cs1. The molecule has 0 radical (unpaired) electrons. The van der Waals surface area contributed by atoms with Crippen molar-refractivity contribution in [3.05, 3.63) is 21.3 Å². The van der Waals surface area contributed by atoms with Crippen molar-refractivity contribution in [1.29, 1.82) is 0 Å². The molecule has 1 aliphatic carbocycles. The van der Waals surface area contributed by atoms with Gasteiger partial charge in [-0.15, -0.1) is 11.3 Å². The van der Waals surface area contributed by atoms with Crippen LogP contribution in [0.1, 0.15) is 37.4 Å². The van der Waals surface area contributed by atoms with Crippen molar-refractivity contribution in [1.82, 2.24) is 5.32 Å². The molecule has 0 aromatic carbocycles. The summed E-state index contributed by atoms with van der Waals surface area (Å²) in [6.45, 7) is 1.93. The highest BCUT2D eigenvalue weighted by Crippen LogP contribution is 2.40. The van der Waals surface area contributed by atoms with Gasteiger partial charge >= 0.3 is 0 Å². The molecule has 1 aromatic heterocycles. The van der Waals surface area contributed by atoms with Crippen LogP contribution in [0.25, 0.3) is 0 Å². The Balaban J connectivity index is 1.77. The summed E-state index contributed by atoms with van der Waals surface area (Å²) in [7, 11) is 0. The molecule has 2 nitrogen and oxygen atoms in total. The monoisotopic (exact) mass is 257 g/mol. The first kappa shape index (κ1) is 11.0. The highest BCUT2D eigenvalue weighted by molar-refractivity contribution is 7.14. The maximum absolute atomic E-state index is 6.32. The fourth-order valence-electron chi connectivity index (χ4n) is 2.81. The van der Waals surface area contributed by atoms with Crippen LogP contribution in [0.2, 0.25) is 4.34 Å². The largest absolute Gasteiger partial charge is 0.364 e. The topological polar surface area (TPSA) is 21.3 Å². The predicted octanol–water partition coefficient (Wildman–Crippen LogP) is 3.38. The molecule has 1 saturated carbocycles. The van der Waals surface area contributed by atoms with Crippen molar-refractivity contribution in [2.45, 2.75) is 37.4 Å². The first-order valence-corrected chi connectivity index (χ1v) is 7.16. The molecule has 1 atom stereocenters. The van der Waals surface area contributed by atoms with E-state index < -0.39 is 0 Å². The number of rotatable bonds is 1. The van der Waals surface area contributed by atoms with Crippen LogP contribution in [0.5, 0.6) is 0 Å². The van der Waals surface area contributed by atoms with Crippen LogP contribution in [-0.4, -0.2) is 18.7 Å². The first-order chi connectivity index (χ1) is 7.77. The number of ether oxygens (including phenoxy) is 1. The minimum absolute atomic E-state index is 0.108. The average Bonchev–Trinajstić information content (AvgIpc) is 2.89. The normalized spacial score (nSPS) is 28.7. The minimum Gasteiger partial charge on any atom is -0.364 e. The molecular weight excluding hydrogens is 242 g/mol. The number of hydrogen-bond acceptors (Lipinski definition) is 3. The lowest BCUT2D eigenvalue weighted by molar-refractivity contribution is -0.114. The number of nitrogens with one attached hydrogen (secondary N) is 1. The molecule has 2 heterocycles. The Morgan fingerprint density at radius 2 is 2.25 bits per heavy atom. The Morgan fingerprint density at radius 3 is 2.94 bits per heavy atom. The van der Waals surface area contributed by atoms with E-state index in [4.69, 9.17) is 16.3 Å². The second-order valence-electron chi connectivity index (χ2n) is 4.81. The van der Waals surface area contributed by atoms with Gasteiger partial charge in [-0.25, -0.2) is 0 Å². The molecule has 1 N–H and O–H groups in total. The van der Waals surface area contributed by atoms with E-state index >= 15 is 0 Å². The second kappa shape index (κ2) is 4.30. The van der Waals surface area contributed by atoms with Gasteiger partial charge in [-0.2, -0.15) is 0 Å². The van der Waals surface area contributed by atoms with E-state index in [9.17, 15) is 0 Å². The van der Waals surface area contributed by atoms with E-state index in [0.717, 1.165) is 17.4 Å². The molecule has 16 heavy (non-hydrogen) atoms. The van der Waals surface area contributed by atoms with Crippen LogP contribution in [0.3, 0.4) is 0 Å². The molecule has 1 saturated heterocycles. The van der Waals surface area contributed by atoms with Crippen molar-refractivity contribution >= 4 is 22.9 Å². The Morgan fingerprint density at radius 1 is 1.44 bits per heavy atom. The standard InChI is InChI=1S/C12H16ClNOS/c13-11-5-9(7-16-11)10-6-14-8-12(15-10)3-1-2-4-12/h5,7,10,14H,1-4,6,8H2. The lowest BCUT2D eigenvalue weighted by Gasteiger charge is -2.39. The summed E-state index contributed by atoms with van der Waals surface area (Å²) in [5.74, 6) is 0. The van der Waals surface area contributed by atoms with Crippen LogP contribution in [0, 0.1) is 0 Å². The van der Waals surface area contributed by atoms with Crippen LogP contribution < -0.4 is 5.32 Å². The van der Waals surface area contributed by atoms with Crippen molar-refractivity contribution in [2.75, 3.05) is 13.1 Å². The van der Waals surface area contributed by atoms with Crippen molar-refractivity contribution in [3.63, 3.8) is 0 Å². The molecule has 2 aliphatic rings. The molecule has 3 rings (SSSR count). The number of halogens is 1. The second-order valence-corrected chi connectivity index (χ2v) is 6.35. The Hall–Kier alpha value is -0.0900. The summed E-state index contributed by atoms with van der Waals surface area (Å²) in [5, 5.41) is 5.63. The third-order valence-electron chi connectivity index (χ3n) is 3.64. The van der Waals surface area contributed by atoms with Crippen molar-refractivity contribution < 1.29 is 4.74 Å². The van der Waals surface area contributed by atoms with Gasteiger partial charge in [0, 0.05) is 13.1 Å². The zero-order chi connectivity index (χ0) is 11.0. The van der Waals surface area contributed by atoms with Gasteiger partial charge in [-0.3, -0.25) is 0 Å². The molecule has 1 aromatic rings. The van der Waals surface area contributed by atoms with E-state index in [0.29, 0.717) is 0 Å². The highest BCUT2D eigenvalue weighted by Gasteiger charge is 2.40. The summed E-state index contributed by atoms with van der Waals surface area (Å²) in [6.07, 6.45) is 5.20. The van der Waals surface area contributed by atoms with E-state index in [-0.39, 0.29) is 11.7 Å². The number of hydrogen-bond donors (Lipinski definition) is 1. The first-order valence-electron chi connectivity index (χ1n) is 5.90. The van der Waals surface area contributed by atoms with Crippen LogP contribution in [0.4, 0.5) is 0 Å². The van der Waals surface area contributed by atoms with E-state index in [2.05, 4.69) is 10.7 Å². The summed E-state index contributed by atoms with van der Waals surface area (Å²) < 4.78 is 7.17. The quantitative estimate of drug-likeness (QED) is 0.833. The van der Waals surface area contributed by atoms with Gasteiger partial charge in [0.2, 0.25) is 0 Å². The Kier molecular flexibility index (Phi) is 2.96. The van der Waals surface area contributed by atoms with E-state index in [1.54, 1.807) is 11.3 Å². The fraction of sp³-hybridized carbons (Fsp3) is 0.667. The lowest BCUT2D eigenvalue weighted by atomic mass is 9.98. The maximum atomic E-state index is 6.32. The molecule has 88 valence electrons. The Bertz CT molecular complexity index is 373. The minimum atomic E-state index is 0.108. The van der Waals surface area contributed by atoms with Crippen LogP contribution in [-0.2, 0) is 4.74 Å². The van der Waals surface area contributed by atoms with Gasteiger partial charge in [-0.05, 0) is 29.9 Å². The summed E-state index contributed by atoms with van der Waals surface area (Å²) in [5.41, 5.74) is 1.34. The van der Waals surface area contributed by atoms with Crippen molar-refractivity contribution in [3.8, 4) is 0 Å². The molecule has 0 amide bonds. The number of thiophene rings is 1. The molecule has 1 unspecified atom stereocenters. The molecular formula is C12H16ClNOS. The fourth-order valence-corrected chi connectivity index (χ4v) is 3.74. The van der Waals surface area contributed by atoms with E-state index in [1.807, 2.05) is 6.07 Å². The molecule has 4 heteroatoms. The van der Waals surface area contributed by atoms with Crippen LogP contribution >= 0.6 is 22.9 Å². The zero-order valence-electron chi connectivity index (χ0n) is 9.17. The van der Waals surface area contributed by atoms with Gasteiger partial charge in [0.25, 0.3) is 0 Å². The smallest absolute Gasteiger partial charge is 0.0965 e. The van der Waals surface area contributed by atoms with Gasteiger partial charge in [-0.1, -0.05) is 24.4 Å². The molecule has 1 aliphatic heterocycles.